The van der Waals surface area contributed by atoms with Gasteiger partial charge in [-0.25, -0.2) is 5.84 Å². The summed E-state index contributed by atoms with van der Waals surface area (Å²) in [4.78, 5) is 13.6. The number of ether oxygens (including phenoxy) is 1. The smallest absolute Gasteiger partial charge is 0.265 e. The van der Waals surface area contributed by atoms with Crippen molar-refractivity contribution >= 4 is 5.91 Å². The second-order valence-corrected chi connectivity index (χ2v) is 5.40. The molecule has 5 heteroatoms. The van der Waals surface area contributed by atoms with E-state index in [1.807, 2.05) is 0 Å². The van der Waals surface area contributed by atoms with Gasteiger partial charge in [-0.2, -0.15) is 0 Å². The largest absolute Gasteiger partial charge is 0.492 e. The predicted molar refractivity (Wildman–Crippen MR) is 78.4 cm³/mol. The lowest BCUT2D eigenvalue weighted by molar-refractivity contribution is 0.0953. The third-order valence-electron chi connectivity index (χ3n) is 3.96. The Labute approximate surface area is 120 Å². The number of nitrogens with one attached hydrogen (secondary N) is 1. The molecular weight excluding hydrogens is 254 g/mol. The van der Waals surface area contributed by atoms with Crippen LogP contribution >= 0.6 is 0 Å². The Balaban J connectivity index is 1.74. The molecular formula is C15H23N3O2. The molecule has 3 N–H and O–H groups in total. The first kappa shape index (κ1) is 14.8. The fraction of sp³-hybridized carbons (Fsp3) is 0.533. The fourth-order valence-corrected chi connectivity index (χ4v) is 2.24. The van der Waals surface area contributed by atoms with E-state index in [0.29, 0.717) is 18.2 Å². The topological polar surface area (TPSA) is 67.6 Å². The number of nitrogen functional groups attached to an aromatic ring is 1. The molecule has 1 fully saturated rings. The van der Waals surface area contributed by atoms with E-state index in [1.54, 1.807) is 24.3 Å². The highest BCUT2D eigenvalue weighted by molar-refractivity contribution is 5.93. The van der Waals surface area contributed by atoms with Gasteiger partial charge in [0.15, 0.2) is 0 Å². The van der Waals surface area contributed by atoms with Gasteiger partial charge in [-0.15, -0.1) is 0 Å². The van der Waals surface area contributed by atoms with Crippen molar-refractivity contribution in [2.24, 2.45) is 11.8 Å². The molecule has 110 valence electrons. The van der Waals surface area contributed by atoms with Crippen molar-refractivity contribution in [3.8, 4) is 5.75 Å². The highest BCUT2D eigenvalue weighted by atomic mass is 16.5. The van der Waals surface area contributed by atoms with Crippen molar-refractivity contribution in [2.45, 2.75) is 25.8 Å². The number of likely N-dealkylation sites (N-methyl/N-ethyl adjacent to an activating group) is 1. The lowest BCUT2D eigenvalue weighted by Gasteiger charge is -2.24. The number of carbonyl (C=O) groups excluding carboxylic acids is 1. The van der Waals surface area contributed by atoms with Gasteiger partial charge in [0.25, 0.3) is 5.91 Å². The Morgan fingerprint density at radius 2 is 2.10 bits per heavy atom. The van der Waals surface area contributed by atoms with Crippen LogP contribution < -0.4 is 16.0 Å². The molecule has 1 aliphatic carbocycles. The summed E-state index contributed by atoms with van der Waals surface area (Å²) >= 11 is 0. The van der Waals surface area contributed by atoms with Crippen LogP contribution in [0.3, 0.4) is 0 Å². The van der Waals surface area contributed by atoms with Crippen molar-refractivity contribution in [1.29, 1.82) is 0 Å². The van der Waals surface area contributed by atoms with Crippen LogP contribution in [-0.4, -0.2) is 37.0 Å². The number of nitrogens with zero attached hydrogens (tertiary/aromatic N) is 1. The van der Waals surface area contributed by atoms with Gasteiger partial charge in [-0.3, -0.25) is 10.2 Å². The van der Waals surface area contributed by atoms with Crippen molar-refractivity contribution in [3.63, 3.8) is 0 Å². The summed E-state index contributed by atoms with van der Waals surface area (Å²) in [6.07, 6.45) is 2.72. The Bertz CT molecular complexity index is 443. The number of benzene rings is 1. The highest BCUT2D eigenvalue weighted by Crippen LogP contribution is 2.34. The molecule has 2 rings (SSSR count). The molecule has 20 heavy (non-hydrogen) atoms. The summed E-state index contributed by atoms with van der Waals surface area (Å²) in [5.74, 6) is 6.42. The van der Waals surface area contributed by atoms with Crippen molar-refractivity contribution in [2.75, 3.05) is 20.2 Å². The molecule has 0 aliphatic heterocycles. The van der Waals surface area contributed by atoms with Crippen LogP contribution in [-0.2, 0) is 0 Å². The average molecular weight is 277 g/mol. The molecule has 1 aliphatic rings. The second kappa shape index (κ2) is 6.72. The van der Waals surface area contributed by atoms with E-state index in [1.165, 1.54) is 12.8 Å². The highest BCUT2D eigenvalue weighted by Gasteiger charge is 2.30. The zero-order valence-electron chi connectivity index (χ0n) is 12.1. The summed E-state index contributed by atoms with van der Waals surface area (Å²) < 4.78 is 5.69. The van der Waals surface area contributed by atoms with Gasteiger partial charge in [0.2, 0.25) is 0 Å². The molecule has 1 unspecified atom stereocenters. The summed E-state index contributed by atoms with van der Waals surface area (Å²) in [5.41, 5.74) is 2.63. The van der Waals surface area contributed by atoms with Crippen LogP contribution in [0.15, 0.2) is 24.3 Å². The molecule has 1 saturated carbocycles. The number of hydrogen-bond acceptors (Lipinski definition) is 4. The minimum Gasteiger partial charge on any atom is -0.492 e. The predicted octanol–water partition coefficient (Wildman–Crippen LogP) is 1.40. The maximum absolute atomic E-state index is 11.3. The molecule has 1 amide bonds. The lowest BCUT2D eigenvalue weighted by Crippen LogP contribution is -2.34. The Morgan fingerprint density at radius 1 is 1.45 bits per heavy atom. The average Bonchev–Trinajstić information content (AvgIpc) is 3.31. The SMILES string of the molecule is CC(C1CC1)N(C)CCOc1ccc(C(=O)NN)cc1. The summed E-state index contributed by atoms with van der Waals surface area (Å²) in [7, 11) is 2.14. The van der Waals surface area contributed by atoms with Crippen LogP contribution in [0.25, 0.3) is 0 Å². The molecule has 0 aromatic heterocycles. The molecule has 0 heterocycles. The molecule has 0 saturated heterocycles. The van der Waals surface area contributed by atoms with Crippen molar-refractivity contribution in [1.82, 2.24) is 10.3 Å². The first-order valence-electron chi connectivity index (χ1n) is 7.06. The van der Waals surface area contributed by atoms with E-state index < -0.39 is 0 Å². The number of nitrogens with two attached hydrogens (primary N) is 1. The van der Waals surface area contributed by atoms with Crippen molar-refractivity contribution in [3.05, 3.63) is 29.8 Å². The maximum atomic E-state index is 11.3. The van der Waals surface area contributed by atoms with Crippen LogP contribution in [0.1, 0.15) is 30.1 Å². The van der Waals surface area contributed by atoms with Gasteiger partial charge in [0.05, 0.1) is 0 Å². The molecule has 0 spiro atoms. The lowest BCUT2D eigenvalue weighted by atomic mass is 10.2. The Kier molecular flexibility index (Phi) is 4.98. The van der Waals surface area contributed by atoms with E-state index in [-0.39, 0.29) is 5.91 Å². The molecule has 0 radical (unpaired) electrons. The summed E-state index contributed by atoms with van der Waals surface area (Å²) in [6.45, 7) is 3.83. The van der Waals surface area contributed by atoms with Crippen molar-refractivity contribution < 1.29 is 9.53 Å². The monoisotopic (exact) mass is 277 g/mol. The van der Waals surface area contributed by atoms with E-state index in [9.17, 15) is 4.79 Å². The standard InChI is InChI=1S/C15H23N3O2/c1-11(12-3-4-12)18(2)9-10-20-14-7-5-13(6-8-14)15(19)17-16/h5-8,11-12H,3-4,9-10,16H2,1-2H3,(H,17,19). The third kappa shape index (κ3) is 3.95. The van der Waals surface area contributed by atoms with E-state index >= 15 is 0 Å². The van der Waals surface area contributed by atoms with Crippen LogP contribution in [0.2, 0.25) is 0 Å². The zero-order chi connectivity index (χ0) is 14.5. The van der Waals surface area contributed by atoms with Crippen LogP contribution in [0, 0.1) is 5.92 Å². The van der Waals surface area contributed by atoms with Gasteiger partial charge in [-0.1, -0.05) is 0 Å². The van der Waals surface area contributed by atoms with Gasteiger partial charge in [0, 0.05) is 18.2 Å². The Hall–Kier alpha value is -1.59. The quantitative estimate of drug-likeness (QED) is 0.449. The summed E-state index contributed by atoms with van der Waals surface area (Å²) in [6, 6.07) is 7.61. The summed E-state index contributed by atoms with van der Waals surface area (Å²) in [5, 5.41) is 0. The normalized spacial score (nSPS) is 16.0. The number of carbonyl (C=O) groups is 1. The second-order valence-electron chi connectivity index (χ2n) is 5.40. The van der Waals surface area contributed by atoms with E-state index in [2.05, 4.69) is 24.3 Å². The van der Waals surface area contributed by atoms with E-state index in [0.717, 1.165) is 18.2 Å². The zero-order valence-corrected chi connectivity index (χ0v) is 12.1. The van der Waals surface area contributed by atoms with E-state index in [4.69, 9.17) is 10.6 Å². The molecule has 1 atom stereocenters. The molecule has 5 nitrogen and oxygen atoms in total. The van der Waals surface area contributed by atoms with Crippen LogP contribution in [0.5, 0.6) is 5.75 Å². The van der Waals surface area contributed by atoms with Gasteiger partial charge in [0.1, 0.15) is 12.4 Å². The number of rotatable bonds is 7. The minimum absolute atomic E-state index is 0.297. The minimum atomic E-state index is -0.297. The van der Waals surface area contributed by atoms with Gasteiger partial charge < -0.3 is 9.64 Å². The first-order valence-corrected chi connectivity index (χ1v) is 7.06. The van der Waals surface area contributed by atoms with Crippen LogP contribution in [0.4, 0.5) is 0 Å². The molecule has 0 bridgehead atoms. The third-order valence-corrected chi connectivity index (χ3v) is 3.96. The number of amides is 1. The van der Waals surface area contributed by atoms with Gasteiger partial charge in [-0.05, 0) is 57.0 Å². The Morgan fingerprint density at radius 3 is 2.65 bits per heavy atom. The van der Waals surface area contributed by atoms with Gasteiger partial charge >= 0.3 is 0 Å². The number of hydrogen-bond donors (Lipinski definition) is 2. The fourth-order valence-electron chi connectivity index (χ4n) is 2.24. The molecule has 1 aromatic rings. The number of hydrazine groups is 1. The first-order chi connectivity index (χ1) is 9.61. The maximum Gasteiger partial charge on any atom is 0.265 e. The molecule has 1 aromatic carbocycles.